The Balaban J connectivity index is 2.49. The fourth-order valence-electron chi connectivity index (χ4n) is 2.56. The molecule has 1 atom stereocenters. The Kier molecular flexibility index (Phi) is 4.26. The molecule has 1 fully saturated rings. The van der Waals surface area contributed by atoms with Crippen molar-refractivity contribution in [1.82, 2.24) is 10.2 Å². The van der Waals surface area contributed by atoms with E-state index >= 15 is 0 Å². The van der Waals surface area contributed by atoms with Gasteiger partial charge in [0, 0.05) is 25.6 Å². The van der Waals surface area contributed by atoms with Crippen LogP contribution in [0.2, 0.25) is 0 Å². The second-order valence-electron chi connectivity index (χ2n) is 4.77. The molecule has 0 bridgehead atoms. The van der Waals surface area contributed by atoms with Gasteiger partial charge in [0.05, 0.1) is 13.0 Å². The lowest BCUT2D eigenvalue weighted by atomic mass is 9.92. The first-order chi connectivity index (χ1) is 10.0. The molecule has 6 nitrogen and oxygen atoms in total. The average molecular weight is 290 g/mol. The van der Waals surface area contributed by atoms with Crippen molar-refractivity contribution in [1.29, 1.82) is 0 Å². The van der Waals surface area contributed by atoms with Crippen molar-refractivity contribution in [2.75, 3.05) is 20.7 Å². The van der Waals surface area contributed by atoms with Crippen LogP contribution < -0.4 is 10.1 Å². The molecule has 2 rings (SSSR count). The Morgan fingerprint density at radius 2 is 2.14 bits per heavy atom. The van der Waals surface area contributed by atoms with Crippen molar-refractivity contribution in [2.24, 2.45) is 0 Å². The van der Waals surface area contributed by atoms with E-state index in [0.717, 1.165) is 0 Å². The minimum absolute atomic E-state index is 0.0871. The maximum Gasteiger partial charge on any atom is 0.251 e. The molecule has 1 aromatic rings. The number of likely N-dealkylation sites (tertiary alicyclic amines) is 1. The molecular formula is C15H18N2O4. The number of imide groups is 1. The Hall–Kier alpha value is -2.37. The molecule has 1 aromatic carbocycles. The van der Waals surface area contributed by atoms with Crippen molar-refractivity contribution in [3.05, 3.63) is 29.3 Å². The van der Waals surface area contributed by atoms with E-state index < -0.39 is 5.92 Å². The Morgan fingerprint density at radius 3 is 2.67 bits per heavy atom. The summed E-state index contributed by atoms with van der Waals surface area (Å²) >= 11 is 0. The van der Waals surface area contributed by atoms with Crippen LogP contribution in [0, 0.1) is 0 Å². The highest BCUT2D eigenvalue weighted by atomic mass is 16.5. The first-order valence-corrected chi connectivity index (χ1v) is 6.77. The monoisotopic (exact) mass is 290 g/mol. The molecule has 1 saturated heterocycles. The number of nitrogens with zero attached hydrogens (tertiary/aromatic N) is 1. The van der Waals surface area contributed by atoms with E-state index in [1.807, 2.05) is 0 Å². The zero-order valence-electron chi connectivity index (χ0n) is 12.3. The van der Waals surface area contributed by atoms with Gasteiger partial charge < -0.3 is 10.1 Å². The lowest BCUT2D eigenvalue weighted by Crippen LogP contribution is -2.30. The number of carbonyl (C=O) groups excluding carboxylic acids is 3. The molecule has 0 aromatic heterocycles. The fraction of sp³-hybridized carbons (Fsp3) is 0.400. The Labute approximate surface area is 123 Å². The number of hydrogen-bond donors (Lipinski definition) is 1. The summed E-state index contributed by atoms with van der Waals surface area (Å²) < 4.78 is 5.16. The lowest BCUT2D eigenvalue weighted by molar-refractivity contribution is -0.138. The number of amides is 3. The van der Waals surface area contributed by atoms with Gasteiger partial charge in [-0.05, 0) is 30.7 Å². The number of ether oxygens (including phenoxy) is 1. The maximum atomic E-state index is 12.3. The number of likely N-dealkylation sites (N-methyl/N-ethyl adjacent to an activating group) is 1. The standard InChI is InChI=1S/C15H18N2O4/c1-4-17-13(18)8-12(15(17)20)11-7-9(21-3)5-6-10(11)14(19)16-2/h5-7,12H,4,8H2,1-3H3,(H,16,19). The molecule has 0 spiro atoms. The molecule has 1 aliphatic rings. The quantitative estimate of drug-likeness (QED) is 0.837. The molecule has 1 aliphatic heterocycles. The van der Waals surface area contributed by atoms with Crippen LogP contribution in [0.1, 0.15) is 35.2 Å². The minimum atomic E-state index is -0.625. The Bertz CT molecular complexity index is 597. The van der Waals surface area contributed by atoms with Gasteiger partial charge in [0.2, 0.25) is 11.8 Å². The number of nitrogens with one attached hydrogen (secondary N) is 1. The second-order valence-corrected chi connectivity index (χ2v) is 4.77. The third kappa shape index (κ3) is 2.61. The average Bonchev–Trinajstić information content (AvgIpc) is 2.79. The van der Waals surface area contributed by atoms with Crippen molar-refractivity contribution in [2.45, 2.75) is 19.3 Å². The number of hydrogen-bond acceptors (Lipinski definition) is 4. The van der Waals surface area contributed by atoms with Crippen LogP contribution in [0.25, 0.3) is 0 Å². The van der Waals surface area contributed by atoms with Gasteiger partial charge in [0.25, 0.3) is 5.91 Å². The molecule has 3 amide bonds. The van der Waals surface area contributed by atoms with Crippen LogP contribution in [0.4, 0.5) is 0 Å². The number of rotatable bonds is 4. The van der Waals surface area contributed by atoms with E-state index in [1.165, 1.54) is 19.1 Å². The highest BCUT2D eigenvalue weighted by molar-refractivity contribution is 6.08. The van der Waals surface area contributed by atoms with E-state index in [9.17, 15) is 14.4 Å². The van der Waals surface area contributed by atoms with Crippen LogP contribution in [-0.2, 0) is 9.59 Å². The van der Waals surface area contributed by atoms with E-state index in [1.54, 1.807) is 25.1 Å². The summed E-state index contributed by atoms with van der Waals surface area (Å²) in [6.45, 7) is 2.09. The van der Waals surface area contributed by atoms with Crippen LogP contribution in [0.3, 0.4) is 0 Å². The van der Waals surface area contributed by atoms with Gasteiger partial charge in [-0.15, -0.1) is 0 Å². The number of carbonyl (C=O) groups is 3. The van der Waals surface area contributed by atoms with E-state index in [2.05, 4.69) is 5.32 Å². The van der Waals surface area contributed by atoms with Gasteiger partial charge in [-0.25, -0.2) is 0 Å². The van der Waals surface area contributed by atoms with Gasteiger partial charge in [0.1, 0.15) is 5.75 Å². The summed E-state index contributed by atoms with van der Waals surface area (Å²) in [6, 6.07) is 4.92. The van der Waals surface area contributed by atoms with Crippen molar-refractivity contribution in [3.63, 3.8) is 0 Å². The molecule has 0 saturated carbocycles. The first kappa shape index (κ1) is 15.0. The number of benzene rings is 1. The normalized spacial score (nSPS) is 18.0. The summed E-state index contributed by atoms with van der Waals surface area (Å²) in [6.07, 6.45) is 0.0871. The smallest absolute Gasteiger partial charge is 0.251 e. The van der Waals surface area contributed by atoms with Gasteiger partial charge in [-0.2, -0.15) is 0 Å². The molecule has 1 N–H and O–H groups in total. The van der Waals surface area contributed by atoms with Crippen molar-refractivity contribution in [3.8, 4) is 5.75 Å². The van der Waals surface area contributed by atoms with E-state index in [0.29, 0.717) is 23.4 Å². The zero-order chi connectivity index (χ0) is 15.6. The highest BCUT2D eigenvalue weighted by Crippen LogP contribution is 2.33. The van der Waals surface area contributed by atoms with Crippen LogP contribution in [0.5, 0.6) is 5.75 Å². The lowest BCUT2D eigenvalue weighted by Gasteiger charge is -2.15. The zero-order valence-corrected chi connectivity index (χ0v) is 12.3. The van der Waals surface area contributed by atoms with E-state index in [-0.39, 0.29) is 24.1 Å². The summed E-state index contributed by atoms with van der Waals surface area (Å²) in [5, 5.41) is 2.54. The number of methoxy groups -OCH3 is 1. The molecular weight excluding hydrogens is 272 g/mol. The molecule has 112 valence electrons. The van der Waals surface area contributed by atoms with Crippen molar-refractivity contribution < 1.29 is 19.1 Å². The maximum absolute atomic E-state index is 12.3. The largest absolute Gasteiger partial charge is 0.497 e. The topological polar surface area (TPSA) is 75.7 Å². The van der Waals surface area contributed by atoms with Crippen LogP contribution in [0.15, 0.2) is 18.2 Å². The molecule has 6 heteroatoms. The van der Waals surface area contributed by atoms with Crippen LogP contribution in [-0.4, -0.2) is 43.3 Å². The SMILES string of the molecule is CCN1C(=O)CC(c2cc(OC)ccc2C(=O)NC)C1=O. The second kappa shape index (κ2) is 5.95. The summed E-state index contributed by atoms with van der Waals surface area (Å²) in [4.78, 5) is 37.4. The van der Waals surface area contributed by atoms with Crippen LogP contribution >= 0.6 is 0 Å². The highest BCUT2D eigenvalue weighted by Gasteiger charge is 2.40. The van der Waals surface area contributed by atoms with Gasteiger partial charge in [-0.1, -0.05) is 0 Å². The third-order valence-corrected chi connectivity index (χ3v) is 3.67. The molecule has 1 heterocycles. The molecule has 1 unspecified atom stereocenters. The fourth-order valence-corrected chi connectivity index (χ4v) is 2.56. The first-order valence-electron chi connectivity index (χ1n) is 6.77. The summed E-state index contributed by atoms with van der Waals surface area (Å²) in [7, 11) is 3.04. The molecule has 21 heavy (non-hydrogen) atoms. The van der Waals surface area contributed by atoms with Gasteiger partial charge in [0.15, 0.2) is 0 Å². The van der Waals surface area contributed by atoms with E-state index in [4.69, 9.17) is 4.74 Å². The predicted molar refractivity (Wildman–Crippen MR) is 76.1 cm³/mol. The predicted octanol–water partition coefficient (Wildman–Crippen LogP) is 0.917. The third-order valence-electron chi connectivity index (χ3n) is 3.67. The Morgan fingerprint density at radius 1 is 1.43 bits per heavy atom. The van der Waals surface area contributed by atoms with Crippen molar-refractivity contribution >= 4 is 17.7 Å². The van der Waals surface area contributed by atoms with Gasteiger partial charge >= 0.3 is 0 Å². The summed E-state index contributed by atoms with van der Waals surface area (Å²) in [5.74, 6) is -0.838. The molecule has 0 aliphatic carbocycles. The van der Waals surface area contributed by atoms with Gasteiger partial charge in [-0.3, -0.25) is 19.3 Å². The molecule has 0 radical (unpaired) electrons. The minimum Gasteiger partial charge on any atom is -0.497 e. The summed E-state index contributed by atoms with van der Waals surface area (Å²) in [5.41, 5.74) is 0.922.